The van der Waals surface area contributed by atoms with Gasteiger partial charge in [0.25, 0.3) is 5.91 Å². The van der Waals surface area contributed by atoms with E-state index in [4.69, 9.17) is 4.74 Å². The largest absolute Gasteiger partial charge is 0.464 e. The molecule has 0 heterocycles. The molecule has 144 valence electrons. The van der Waals surface area contributed by atoms with Crippen molar-refractivity contribution in [1.29, 1.82) is 0 Å². The van der Waals surface area contributed by atoms with Crippen LogP contribution in [-0.2, 0) is 22.4 Å². The van der Waals surface area contributed by atoms with E-state index < -0.39 is 5.54 Å². The van der Waals surface area contributed by atoms with Crippen LogP contribution in [0.5, 0.6) is 0 Å². The zero-order valence-corrected chi connectivity index (χ0v) is 16.9. The number of amides is 1. The average molecular weight is 367 g/mol. The van der Waals surface area contributed by atoms with Crippen LogP contribution in [-0.4, -0.2) is 24.0 Å². The summed E-state index contributed by atoms with van der Waals surface area (Å²) in [5.41, 5.74) is 3.70. The highest BCUT2D eigenvalue weighted by atomic mass is 16.5. The van der Waals surface area contributed by atoms with Crippen LogP contribution < -0.4 is 5.32 Å². The lowest BCUT2D eigenvalue weighted by atomic mass is 9.94. The molecular weight excluding hydrogens is 338 g/mol. The fourth-order valence-corrected chi connectivity index (χ4v) is 3.45. The first kappa shape index (κ1) is 20.7. The second-order valence-electron chi connectivity index (χ2n) is 6.63. The van der Waals surface area contributed by atoms with Gasteiger partial charge in [0.1, 0.15) is 5.54 Å². The van der Waals surface area contributed by atoms with Gasteiger partial charge in [0.15, 0.2) is 0 Å². The highest BCUT2D eigenvalue weighted by Gasteiger charge is 2.46. The molecule has 0 unspecified atom stereocenters. The second-order valence-corrected chi connectivity index (χ2v) is 6.63. The number of hydrogen-bond donors (Lipinski definition) is 1. The quantitative estimate of drug-likeness (QED) is 0.826. The first-order valence-corrected chi connectivity index (χ1v) is 9.59. The van der Waals surface area contributed by atoms with Gasteiger partial charge in [-0.3, -0.25) is 4.79 Å². The van der Waals surface area contributed by atoms with E-state index >= 15 is 0 Å². The van der Waals surface area contributed by atoms with Gasteiger partial charge in [-0.1, -0.05) is 50.2 Å². The molecule has 4 heteroatoms. The topological polar surface area (TPSA) is 55.4 Å². The zero-order valence-electron chi connectivity index (χ0n) is 16.9. The Morgan fingerprint density at radius 3 is 2.15 bits per heavy atom. The average Bonchev–Trinajstić information content (AvgIpc) is 3.05. The van der Waals surface area contributed by atoms with Gasteiger partial charge in [-0.2, -0.15) is 0 Å². The van der Waals surface area contributed by atoms with Gasteiger partial charge in [0.05, 0.1) is 6.61 Å². The first-order valence-electron chi connectivity index (χ1n) is 9.59. The molecule has 0 atom stereocenters. The lowest BCUT2D eigenvalue weighted by Crippen LogP contribution is -2.56. The van der Waals surface area contributed by atoms with Gasteiger partial charge < -0.3 is 10.1 Å². The summed E-state index contributed by atoms with van der Waals surface area (Å²) >= 11 is 0. The number of fused-ring (bicyclic) bond motifs is 1. The molecule has 3 rings (SSSR count). The molecule has 1 aliphatic rings. The van der Waals surface area contributed by atoms with Crippen molar-refractivity contribution in [3.63, 3.8) is 0 Å². The smallest absolute Gasteiger partial charge is 0.332 e. The van der Waals surface area contributed by atoms with Crippen LogP contribution >= 0.6 is 0 Å². The molecule has 0 aromatic heterocycles. The summed E-state index contributed by atoms with van der Waals surface area (Å²) in [7, 11) is 0. The fourth-order valence-electron chi connectivity index (χ4n) is 3.45. The van der Waals surface area contributed by atoms with Crippen LogP contribution in [0.2, 0.25) is 0 Å². The van der Waals surface area contributed by atoms with Crippen LogP contribution in [0.3, 0.4) is 0 Å². The molecule has 1 N–H and O–H groups in total. The Morgan fingerprint density at radius 2 is 1.59 bits per heavy atom. The Morgan fingerprint density at radius 1 is 1.00 bits per heavy atom. The molecule has 2 aromatic rings. The minimum absolute atomic E-state index is 0.234. The van der Waals surface area contributed by atoms with Gasteiger partial charge in [0, 0.05) is 18.4 Å². The molecule has 1 amide bonds. The molecule has 1 aliphatic carbocycles. The van der Waals surface area contributed by atoms with Crippen molar-refractivity contribution in [3.8, 4) is 0 Å². The van der Waals surface area contributed by atoms with Gasteiger partial charge in [-0.05, 0) is 49.1 Å². The second kappa shape index (κ2) is 8.85. The Bertz CT molecular complexity index is 801. The maximum atomic E-state index is 12.9. The van der Waals surface area contributed by atoms with Crippen molar-refractivity contribution in [2.24, 2.45) is 0 Å². The lowest BCUT2D eigenvalue weighted by Gasteiger charge is -2.28. The molecule has 0 fully saturated rings. The van der Waals surface area contributed by atoms with E-state index in [9.17, 15) is 9.59 Å². The SMILES string of the molecule is CC.CCOC(=O)C1(NC(=O)c2cccc(C)c2C)Cc2ccccc2C1. The number of aryl methyl sites for hydroxylation is 1. The van der Waals surface area contributed by atoms with E-state index in [0.717, 1.165) is 22.3 Å². The summed E-state index contributed by atoms with van der Waals surface area (Å²) in [5.74, 6) is -0.605. The van der Waals surface area contributed by atoms with Crippen molar-refractivity contribution in [2.75, 3.05) is 6.61 Å². The third-order valence-electron chi connectivity index (χ3n) is 4.97. The van der Waals surface area contributed by atoms with Crippen LogP contribution in [0.4, 0.5) is 0 Å². The number of rotatable bonds is 4. The Kier molecular flexibility index (Phi) is 6.78. The van der Waals surface area contributed by atoms with E-state index in [-0.39, 0.29) is 18.5 Å². The van der Waals surface area contributed by atoms with Crippen LogP contribution in [0, 0.1) is 13.8 Å². The first-order chi connectivity index (χ1) is 13.0. The summed E-state index contributed by atoms with van der Waals surface area (Å²) in [6.07, 6.45) is 0.914. The summed E-state index contributed by atoms with van der Waals surface area (Å²) in [6, 6.07) is 13.5. The molecule has 4 nitrogen and oxygen atoms in total. The van der Waals surface area contributed by atoms with Gasteiger partial charge in [-0.15, -0.1) is 0 Å². The molecular formula is C23H29NO3. The maximum Gasteiger partial charge on any atom is 0.332 e. The number of esters is 1. The van der Waals surface area contributed by atoms with E-state index in [0.29, 0.717) is 18.4 Å². The Hall–Kier alpha value is -2.62. The number of nitrogens with one attached hydrogen (secondary N) is 1. The Labute approximate surface area is 161 Å². The standard InChI is InChI=1S/C21H23NO3.C2H6/c1-4-25-20(24)21(12-16-9-5-6-10-17(16)13-21)22-19(23)18-11-7-8-14(2)15(18)3;1-2/h5-11H,4,12-13H2,1-3H3,(H,22,23);1-2H3. The van der Waals surface area contributed by atoms with Gasteiger partial charge >= 0.3 is 5.97 Å². The lowest BCUT2D eigenvalue weighted by molar-refractivity contribution is -0.150. The number of carbonyl (C=O) groups is 2. The third-order valence-corrected chi connectivity index (χ3v) is 4.97. The molecule has 0 bridgehead atoms. The zero-order chi connectivity index (χ0) is 20.0. The maximum absolute atomic E-state index is 12.9. The third kappa shape index (κ3) is 4.21. The van der Waals surface area contributed by atoms with Crippen LogP contribution in [0.25, 0.3) is 0 Å². The molecule has 0 aliphatic heterocycles. The predicted octanol–water partition coefficient (Wildman–Crippen LogP) is 4.16. The molecule has 27 heavy (non-hydrogen) atoms. The highest BCUT2D eigenvalue weighted by molar-refractivity contribution is 6.00. The fraction of sp³-hybridized carbons (Fsp3) is 0.391. The normalized spacial score (nSPS) is 13.8. The van der Waals surface area contributed by atoms with Crippen molar-refractivity contribution >= 4 is 11.9 Å². The summed E-state index contributed by atoms with van der Waals surface area (Å²) in [4.78, 5) is 25.6. The molecule has 2 aromatic carbocycles. The molecule has 0 radical (unpaired) electrons. The van der Waals surface area contributed by atoms with Crippen LogP contribution in [0.1, 0.15) is 53.4 Å². The monoisotopic (exact) mass is 367 g/mol. The van der Waals surface area contributed by atoms with E-state index in [1.165, 1.54) is 0 Å². The van der Waals surface area contributed by atoms with Crippen molar-refractivity contribution in [1.82, 2.24) is 5.32 Å². The van der Waals surface area contributed by atoms with E-state index in [1.54, 1.807) is 13.0 Å². The van der Waals surface area contributed by atoms with Gasteiger partial charge in [0.2, 0.25) is 0 Å². The number of carbonyl (C=O) groups excluding carboxylic acids is 2. The van der Waals surface area contributed by atoms with E-state index in [1.807, 2.05) is 64.1 Å². The van der Waals surface area contributed by atoms with E-state index in [2.05, 4.69) is 5.32 Å². The number of ether oxygens (including phenoxy) is 1. The van der Waals surface area contributed by atoms with Crippen molar-refractivity contribution in [2.45, 2.75) is 53.0 Å². The number of hydrogen-bond acceptors (Lipinski definition) is 3. The summed E-state index contributed by atoms with van der Waals surface area (Å²) in [6.45, 7) is 9.96. The summed E-state index contributed by atoms with van der Waals surface area (Å²) in [5, 5.41) is 2.99. The summed E-state index contributed by atoms with van der Waals surface area (Å²) < 4.78 is 5.30. The molecule has 0 saturated carbocycles. The minimum atomic E-state index is -1.03. The molecule has 0 spiro atoms. The van der Waals surface area contributed by atoms with Crippen molar-refractivity contribution in [3.05, 3.63) is 70.3 Å². The molecule has 0 saturated heterocycles. The predicted molar refractivity (Wildman–Crippen MR) is 108 cm³/mol. The minimum Gasteiger partial charge on any atom is -0.464 e. The highest BCUT2D eigenvalue weighted by Crippen LogP contribution is 2.31. The van der Waals surface area contributed by atoms with Crippen LogP contribution in [0.15, 0.2) is 42.5 Å². The Balaban J connectivity index is 0.00000126. The number of benzene rings is 2. The van der Waals surface area contributed by atoms with Gasteiger partial charge in [-0.25, -0.2) is 4.79 Å². The van der Waals surface area contributed by atoms with Crippen molar-refractivity contribution < 1.29 is 14.3 Å².